The van der Waals surface area contributed by atoms with Crippen LogP contribution in [0, 0.1) is 5.82 Å². The van der Waals surface area contributed by atoms with Gasteiger partial charge in [0.15, 0.2) is 0 Å². The first-order chi connectivity index (χ1) is 9.93. The summed E-state index contributed by atoms with van der Waals surface area (Å²) < 4.78 is 19.5. The van der Waals surface area contributed by atoms with Crippen molar-refractivity contribution in [3.05, 3.63) is 61.8 Å². The van der Waals surface area contributed by atoms with Gasteiger partial charge in [-0.05, 0) is 52.2 Å². The molecule has 21 heavy (non-hydrogen) atoms. The summed E-state index contributed by atoms with van der Waals surface area (Å²) in [6.07, 6.45) is 0. The fourth-order valence-corrected chi connectivity index (χ4v) is 3.39. The fraction of sp³-hybridized carbons (Fsp3) is 0.200. The highest BCUT2D eigenvalue weighted by Gasteiger charge is 2.18. The standard InChI is InChI=1S/C15H11Br2Cl2FO/c1-2-21-14-7-11(18)9(6-12(14)19)15(17)8-3-4-10(16)13(20)5-8/h3-7,15H,2H2,1H3. The molecule has 0 saturated heterocycles. The van der Waals surface area contributed by atoms with Crippen molar-refractivity contribution in [1.29, 1.82) is 0 Å². The number of ether oxygens (including phenoxy) is 1. The zero-order chi connectivity index (χ0) is 15.6. The van der Waals surface area contributed by atoms with Crippen molar-refractivity contribution in [2.24, 2.45) is 0 Å². The Hall–Kier alpha value is -0.290. The first-order valence-electron chi connectivity index (χ1n) is 6.14. The molecule has 0 saturated carbocycles. The van der Waals surface area contributed by atoms with Crippen molar-refractivity contribution in [2.45, 2.75) is 11.8 Å². The van der Waals surface area contributed by atoms with E-state index in [4.69, 9.17) is 27.9 Å². The van der Waals surface area contributed by atoms with Gasteiger partial charge in [-0.2, -0.15) is 0 Å². The zero-order valence-electron chi connectivity index (χ0n) is 11.0. The molecule has 0 aliphatic carbocycles. The van der Waals surface area contributed by atoms with Gasteiger partial charge < -0.3 is 4.74 Å². The first-order valence-corrected chi connectivity index (χ1v) is 8.61. The highest BCUT2D eigenvalue weighted by Crippen LogP contribution is 2.40. The predicted octanol–water partition coefficient (Wildman–Crippen LogP) is 6.78. The molecule has 6 heteroatoms. The van der Waals surface area contributed by atoms with Crippen molar-refractivity contribution in [2.75, 3.05) is 6.61 Å². The quantitative estimate of drug-likeness (QED) is 0.461. The van der Waals surface area contributed by atoms with Crippen LogP contribution in [0.2, 0.25) is 10.0 Å². The Morgan fingerprint density at radius 1 is 1.19 bits per heavy atom. The SMILES string of the molecule is CCOc1cc(Cl)c(C(Br)c2ccc(Br)c(F)c2)cc1Cl. The average molecular weight is 457 g/mol. The molecule has 1 nitrogen and oxygen atoms in total. The Bertz CT molecular complexity index is 664. The Kier molecular flexibility index (Phi) is 5.95. The van der Waals surface area contributed by atoms with Gasteiger partial charge in [-0.15, -0.1) is 0 Å². The Morgan fingerprint density at radius 3 is 2.52 bits per heavy atom. The molecule has 2 aromatic carbocycles. The van der Waals surface area contributed by atoms with Crippen LogP contribution in [-0.4, -0.2) is 6.61 Å². The predicted molar refractivity (Wildman–Crippen MR) is 92.5 cm³/mol. The van der Waals surface area contributed by atoms with Crippen LogP contribution in [0.4, 0.5) is 4.39 Å². The smallest absolute Gasteiger partial charge is 0.139 e. The number of alkyl halides is 1. The molecule has 1 atom stereocenters. The van der Waals surface area contributed by atoms with Crippen LogP contribution < -0.4 is 4.74 Å². The van der Waals surface area contributed by atoms with Crippen LogP contribution in [-0.2, 0) is 0 Å². The minimum atomic E-state index is -0.329. The maximum Gasteiger partial charge on any atom is 0.139 e. The summed E-state index contributed by atoms with van der Waals surface area (Å²) in [7, 11) is 0. The first kappa shape index (κ1) is 17.1. The fourth-order valence-electron chi connectivity index (χ4n) is 1.85. The van der Waals surface area contributed by atoms with E-state index in [2.05, 4.69) is 31.9 Å². The van der Waals surface area contributed by atoms with E-state index in [1.807, 2.05) is 13.0 Å². The lowest BCUT2D eigenvalue weighted by Gasteiger charge is -2.15. The second-order valence-corrected chi connectivity index (χ2v) is 6.86. The van der Waals surface area contributed by atoms with Crippen LogP contribution in [0.1, 0.15) is 22.9 Å². The molecule has 0 bridgehead atoms. The van der Waals surface area contributed by atoms with Crippen molar-refractivity contribution in [1.82, 2.24) is 0 Å². The normalized spacial score (nSPS) is 12.3. The monoisotopic (exact) mass is 454 g/mol. The van der Waals surface area contributed by atoms with Crippen molar-refractivity contribution < 1.29 is 9.13 Å². The molecule has 112 valence electrons. The Morgan fingerprint density at radius 2 is 1.90 bits per heavy atom. The summed E-state index contributed by atoms with van der Waals surface area (Å²) in [5, 5.41) is 0.978. The number of rotatable bonds is 4. The van der Waals surface area contributed by atoms with E-state index in [0.717, 1.165) is 11.1 Å². The molecule has 1 unspecified atom stereocenters. The number of hydrogen-bond donors (Lipinski definition) is 0. The summed E-state index contributed by atoms with van der Waals surface area (Å²) in [5.74, 6) is 0.208. The lowest BCUT2D eigenvalue weighted by Crippen LogP contribution is -1.98. The van der Waals surface area contributed by atoms with Crippen LogP contribution in [0.3, 0.4) is 0 Å². The van der Waals surface area contributed by atoms with Gasteiger partial charge in [0.25, 0.3) is 0 Å². The number of hydrogen-bond acceptors (Lipinski definition) is 1. The van der Waals surface area contributed by atoms with E-state index >= 15 is 0 Å². The average Bonchev–Trinajstić information content (AvgIpc) is 2.45. The van der Waals surface area contributed by atoms with Gasteiger partial charge in [0.05, 0.1) is 20.9 Å². The highest BCUT2D eigenvalue weighted by molar-refractivity contribution is 9.10. The van der Waals surface area contributed by atoms with Crippen LogP contribution in [0.5, 0.6) is 5.75 Å². The van der Waals surface area contributed by atoms with Crippen LogP contribution >= 0.6 is 55.1 Å². The molecule has 0 aromatic heterocycles. The summed E-state index contributed by atoms with van der Waals surface area (Å²) in [5.41, 5.74) is 1.50. The van der Waals surface area contributed by atoms with E-state index in [9.17, 15) is 4.39 Å². The molecule has 0 amide bonds. The molecule has 0 radical (unpaired) electrons. The van der Waals surface area contributed by atoms with Crippen LogP contribution in [0.25, 0.3) is 0 Å². The number of halogens is 5. The summed E-state index contributed by atoms with van der Waals surface area (Å²) >= 11 is 19.1. The van der Waals surface area contributed by atoms with E-state index in [1.54, 1.807) is 18.2 Å². The maximum atomic E-state index is 13.7. The minimum Gasteiger partial charge on any atom is -0.492 e. The van der Waals surface area contributed by atoms with Crippen molar-refractivity contribution >= 4 is 55.1 Å². The summed E-state index contributed by atoms with van der Waals surface area (Å²) in [6, 6.07) is 8.32. The van der Waals surface area contributed by atoms with Crippen molar-refractivity contribution in [3.63, 3.8) is 0 Å². The lowest BCUT2D eigenvalue weighted by atomic mass is 10.0. The Labute approximate surface area is 149 Å². The third-order valence-corrected chi connectivity index (χ3v) is 5.15. The van der Waals surface area contributed by atoms with Gasteiger partial charge in [-0.1, -0.05) is 45.2 Å². The molecular weight excluding hydrogens is 446 g/mol. The molecule has 0 N–H and O–H groups in total. The zero-order valence-corrected chi connectivity index (χ0v) is 15.7. The van der Waals surface area contributed by atoms with E-state index in [-0.39, 0.29) is 10.6 Å². The molecule has 2 rings (SSSR count). The van der Waals surface area contributed by atoms with E-state index in [1.165, 1.54) is 6.07 Å². The largest absolute Gasteiger partial charge is 0.492 e. The third kappa shape index (κ3) is 3.92. The summed E-state index contributed by atoms with van der Waals surface area (Å²) in [4.78, 5) is -0.263. The van der Waals surface area contributed by atoms with Gasteiger partial charge >= 0.3 is 0 Å². The third-order valence-electron chi connectivity index (χ3n) is 2.86. The van der Waals surface area contributed by atoms with Gasteiger partial charge in [0.2, 0.25) is 0 Å². The molecule has 0 aliphatic rings. The molecular formula is C15H11Br2Cl2FO. The van der Waals surface area contributed by atoms with Gasteiger partial charge in [0.1, 0.15) is 11.6 Å². The molecule has 0 fully saturated rings. The lowest BCUT2D eigenvalue weighted by molar-refractivity contribution is 0.340. The molecule has 0 aliphatic heterocycles. The second kappa shape index (κ2) is 7.32. The van der Waals surface area contributed by atoms with E-state index in [0.29, 0.717) is 26.9 Å². The van der Waals surface area contributed by atoms with Crippen molar-refractivity contribution in [3.8, 4) is 5.75 Å². The molecule has 0 spiro atoms. The van der Waals surface area contributed by atoms with Gasteiger partial charge in [0, 0.05) is 11.1 Å². The van der Waals surface area contributed by atoms with E-state index < -0.39 is 0 Å². The molecule has 0 heterocycles. The summed E-state index contributed by atoms with van der Waals surface area (Å²) in [6.45, 7) is 2.38. The van der Waals surface area contributed by atoms with Crippen LogP contribution in [0.15, 0.2) is 34.8 Å². The highest BCUT2D eigenvalue weighted by atomic mass is 79.9. The maximum absolute atomic E-state index is 13.7. The minimum absolute atomic E-state index is 0.263. The number of benzene rings is 2. The topological polar surface area (TPSA) is 9.23 Å². The van der Waals surface area contributed by atoms with Gasteiger partial charge in [-0.25, -0.2) is 4.39 Å². The molecule has 2 aromatic rings. The Balaban J connectivity index is 2.40. The second-order valence-electron chi connectivity index (χ2n) is 4.27. The van der Waals surface area contributed by atoms with Gasteiger partial charge in [-0.3, -0.25) is 0 Å².